The first kappa shape index (κ1) is 18.1. The summed E-state index contributed by atoms with van der Waals surface area (Å²) in [4.78, 5) is 11.9. The molecule has 5 nitrogen and oxygen atoms in total. The number of benzene rings is 1. The van der Waals surface area contributed by atoms with Crippen molar-refractivity contribution < 1.29 is 18.6 Å². The van der Waals surface area contributed by atoms with Crippen LogP contribution in [0.4, 0.5) is 0 Å². The van der Waals surface area contributed by atoms with Crippen molar-refractivity contribution in [1.29, 1.82) is 0 Å². The fourth-order valence-electron chi connectivity index (χ4n) is 2.05. The molecule has 0 atom stereocenters. The Morgan fingerprint density at radius 3 is 2.46 bits per heavy atom. The summed E-state index contributed by atoms with van der Waals surface area (Å²) in [6.07, 6.45) is 0. The van der Waals surface area contributed by atoms with E-state index in [2.05, 4.69) is 13.8 Å². The zero-order valence-electron chi connectivity index (χ0n) is 14.6. The first-order chi connectivity index (χ1) is 11.5. The second-order valence-electron chi connectivity index (χ2n) is 6.04. The van der Waals surface area contributed by atoms with Gasteiger partial charge in [0.2, 0.25) is 0 Å². The third kappa shape index (κ3) is 5.13. The minimum Gasteiger partial charge on any atom is -0.497 e. The molecule has 0 saturated carbocycles. The highest BCUT2D eigenvalue weighted by Gasteiger charge is 2.10. The summed E-state index contributed by atoms with van der Waals surface area (Å²) in [7, 11) is 1.63. The van der Waals surface area contributed by atoms with Gasteiger partial charge in [0.1, 0.15) is 23.9 Å². The van der Waals surface area contributed by atoms with Crippen molar-refractivity contribution in [3.63, 3.8) is 0 Å². The van der Waals surface area contributed by atoms with Gasteiger partial charge in [-0.25, -0.2) is 4.79 Å². The van der Waals surface area contributed by atoms with Gasteiger partial charge >= 0.3 is 5.63 Å². The summed E-state index contributed by atoms with van der Waals surface area (Å²) in [6, 6.07) is 9.35. The van der Waals surface area contributed by atoms with Crippen LogP contribution in [-0.4, -0.2) is 13.7 Å². The number of hydrogen-bond donors (Lipinski definition) is 0. The topological polar surface area (TPSA) is 57.9 Å². The maximum atomic E-state index is 11.9. The van der Waals surface area contributed by atoms with E-state index in [-0.39, 0.29) is 12.2 Å². The highest BCUT2D eigenvalue weighted by Crippen LogP contribution is 2.18. The number of rotatable bonds is 8. The zero-order chi connectivity index (χ0) is 17.5. The average molecular weight is 332 g/mol. The van der Waals surface area contributed by atoms with Crippen LogP contribution in [0.15, 0.2) is 39.5 Å². The molecule has 0 unspecified atom stereocenters. The van der Waals surface area contributed by atoms with Crippen LogP contribution < -0.4 is 15.1 Å². The third-order valence-corrected chi connectivity index (χ3v) is 3.44. The molecule has 0 spiro atoms. The van der Waals surface area contributed by atoms with Crippen LogP contribution in [0.1, 0.15) is 30.7 Å². The lowest BCUT2D eigenvalue weighted by Crippen LogP contribution is -2.12. The predicted molar refractivity (Wildman–Crippen MR) is 91.5 cm³/mol. The van der Waals surface area contributed by atoms with Crippen LogP contribution in [0.25, 0.3) is 0 Å². The molecule has 1 heterocycles. The molecule has 0 radical (unpaired) electrons. The molecule has 1 aromatic heterocycles. The average Bonchev–Trinajstić information content (AvgIpc) is 2.57. The molecular formula is C19H24O5. The Labute approximate surface area is 142 Å². The second kappa shape index (κ2) is 8.55. The molecular weight excluding hydrogens is 308 g/mol. The summed E-state index contributed by atoms with van der Waals surface area (Å²) < 4.78 is 21.7. The molecule has 2 aromatic rings. The van der Waals surface area contributed by atoms with E-state index >= 15 is 0 Å². The van der Waals surface area contributed by atoms with Gasteiger partial charge in [-0.2, -0.15) is 0 Å². The highest BCUT2D eigenvalue weighted by molar-refractivity contribution is 5.30. The molecule has 0 aliphatic heterocycles. The maximum Gasteiger partial charge on any atom is 0.342 e. The molecule has 1 aromatic carbocycles. The van der Waals surface area contributed by atoms with E-state index in [9.17, 15) is 4.79 Å². The summed E-state index contributed by atoms with van der Waals surface area (Å²) in [5.41, 5.74) is 1.11. The minimum absolute atomic E-state index is 0.208. The third-order valence-electron chi connectivity index (χ3n) is 3.44. The normalized spacial score (nSPS) is 10.9. The van der Waals surface area contributed by atoms with Gasteiger partial charge in [-0.05, 0) is 30.5 Å². The molecule has 0 bridgehead atoms. The summed E-state index contributed by atoms with van der Waals surface area (Å²) in [6.45, 7) is 6.99. The van der Waals surface area contributed by atoms with Crippen molar-refractivity contribution in [2.75, 3.05) is 13.7 Å². The summed E-state index contributed by atoms with van der Waals surface area (Å²) in [5.74, 6) is 2.20. The van der Waals surface area contributed by atoms with Gasteiger partial charge in [0, 0.05) is 6.07 Å². The van der Waals surface area contributed by atoms with Crippen LogP contribution >= 0.6 is 0 Å². The Morgan fingerprint density at radius 1 is 1.12 bits per heavy atom. The fourth-order valence-corrected chi connectivity index (χ4v) is 2.05. The van der Waals surface area contributed by atoms with E-state index in [4.69, 9.17) is 18.6 Å². The molecule has 130 valence electrons. The van der Waals surface area contributed by atoms with E-state index in [1.54, 1.807) is 20.1 Å². The molecule has 0 aliphatic rings. The van der Waals surface area contributed by atoms with Gasteiger partial charge in [0.25, 0.3) is 0 Å². The highest BCUT2D eigenvalue weighted by atomic mass is 16.5. The van der Waals surface area contributed by atoms with E-state index in [1.165, 1.54) is 0 Å². The number of ether oxygens (including phenoxy) is 3. The van der Waals surface area contributed by atoms with Gasteiger partial charge in [0.05, 0.1) is 25.9 Å². The fraction of sp³-hybridized carbons (Fsp3) is 0.421. The largest absolute Gasteiger partial charge is 0.497 e. The molecule has 5 heteroatoms. The van der Waals surface area contributed by atoms with E-state index in [0.29, 0.717) is 36.2 Å². The standard InChI is InChI=1S/C19H24O5/c1-13(2)10-23-18-9-17(24-19(20)14(18)3)12-22-11-15-5-7-16(21-4)8-6-15/h5-9,13H,10-12H2,1-4H3. The minimum atomic E-state index is -0.390. The van der Waals surface area contributed by atoms with E-state index < -0.39 is 0 Å². The van der Waals surface area contributed by atoms with Gasteiger partial charge in [-0.15, -0.1) is 0 Å². The van der Waals surface area contributed by atoms with Crippen LogP contribution in [0.3, 0.4) is 0 Å². The van der Waals surface area contributed by atoms with Crippen molar-refractivity contribution in [2.45, 2.75) is 34.0 Å². The van der Waals surface area contributed by atoms with Crippen LogP contribution in [0.2, 0.25) is 0 Å². The second-order valence-corrected chi connectivity index (χ2v) is 6.04. The first-order valence-corrected chi connectivity index (χ1v) is 7.96. The van der Waals surface area contributed by atoms with Gasteiger partial charge in [-0.3, -0.25) is 0 Å². The van der Waals surface area contributed by atoms with Crippen LogP contribution in [0.5, 0.6) is 11.5 Å². The smallest absolute Gasteiger partial charge is 0.342 e. The number of methoxy groups -OCH3 is 1. The first-order valence-electron chi connectivity index (χ1n) is 7.96. The lowest BCUT2D eigenvalue weighted by Gasteiger charge is -2.11. The Bertz CT molecular complexity index is 701. The Kier molecular flexibility index (Phi) is 6.44. The van der Waals surface area contributed by atoms with E-state index in [0.717, 1.165) is 11.3 Å². The zero-order valence-corrected chi connectivity index (χ0v) is 14.6. The quantitative estimate of drug-likeness (QED) is 0.737. The Balaban J connectivity index is 1.97. The number of hydrogen-bond acceptors (Lipinski definition) is 5. The van der Waals surface area contributed by atoms with Crippen LogP contribution in [0, 0.1) is 12.8 Å². The van der Waals surface area contributed by atoms with E-state index in [1.807, 2.05) is 24.3 Å². The summed E-state index contributed by atoms with van der Waals surface area (Å²) in [5, 5.41) is 0. The maximum absolute atomic E-state index is 11.9. The lowest BCUT2D eigenvalue weighted by molar-refractivity contribution is 0.0899. The molecule has 0 saturated heterocycles. The molecule has 0 fully saturated rings. The van der Waals surface area contributed by atoms with Crippen molar-refractivity contribution in [2.24, 2.45) is 5.92 Å². The molecule has 0 amide bonds. The lowest BCUT2D eigenvalue weighted by atomic mass is 10.2. The Morgan fingerprint density at radius 2 is 1.83 bits per heavy atom. The SMILES string of the molecule is COc1ccc(COCc2cc(OCC(C)C)c(C)c(=O)o2)cc1. The molecule has 0 N–H and O–H groups in total. The molecule has 24 heavy (non-hydrogen) atoms. The van der Waals surface area contributed by atoms with Gasteiger partial charge < -0.3 is 18.6 Å². The van der Waals surface area contributed by atoms with Crippen LogP contribution in [-0.2, 0) is 18.0 Å². The predicted octanol–water partition coefficient (Wildman–Crippen LogP) is 3.71. The summed E-state index contributed by atoms with van der Waals surface area (Å²) >= 11 is 0. The van der Waals surface area contributed by atoms with Crippen molar-refractivity contribution in [3.8, 4) is 11.5 Å². The molecule has 2 rings (SSSR count). The van der Waals surface area contributed by atoms with Crippen molar-refractivity contribution >= 4 is 0 Å². The monoisotopic (exact) mass is 332 g/mol. The molecule has 0 aliphatic carbocycles. The Hall–Kier alpha value is -2.27. The van der Waals surface area contributed by atoms with Crippen molar-refractivity contribution in [1.82, 2.24) is 0 Å². The van der Waals surface area contributed by atoms with Crippen molar-refractivity contribution in [3.05, 3.63) is 57.6 Å². The van der Waals surface area contributed by atoms with Gasteiger partial charge in [0.15, 0.2) is 0 Å². The van der Waals surface area contributed by atoms with Gasteiger partial charge in [-0.1, -0.05) is 26.0 Å².